The van der Waals surface area contributed by atoms with E-state index in [0.29, 0.717) is 13.1 Å². The lowest BCUT2D eigenvalue weighted by atomic mass is 10.2. The van der Waals surface area contributed by atoms with Crippen molar-refractivity contribution >= 4 is 42.5 Å². The maximum Gasteiger partial charge on any atom is 0.338 e. The summed E-state index contributed by atoms with van der Waals surface area (Å²) in [5.74, 6) is 0.209. The van der Waals surface area contributed by atoms with E-state index < -0.39 is 21.1 Å². The molecule has 30 heavy (non-hydrogen) atoms. The molecule has 0 bridgehead atoms. The highest BCUT2D eigenvalue weighted by molar-refractivity contribution is 7.92. The Balaban J connectivity index is 1.41. The number of rotatable bonds is 6. The number of sulfone groups is 1. The van der Waals surface area contributed by atoms with Crippen LogP contribution in [-0.2, 0) is 14.6 Å². The highest BCUT2D eigenvalue weighted by atomic mass is 32.2. The zero-order valence-corrected chi connectivity index (χ0v) is 18.5. The molecular formula is C21H22N2O5S2. The van der Waals surface area contributed by atoms with Crippen LogP contribution in [0.4, 0.5) is 5.13 Å². The number of hydrogen-bond acceptors (Lipinski definition) is 8. The Hall–Kier alpha value is -2.65. The minimum atomic E-state index is -3.45. The first-order valence-corrected chi connectivity index (χ1v) is 11.9. The van der Waals surface area contributed by atoms with Crippen LogP contribution in [0.3, 0.4) is 0 Å². The Bertz CT molecular complexity index is 1200. The highest BCUT2D eigenvalue weighted by Crippen LogP contribution is 2.36. The van der Waals surface area contributed by atoms with E-state index in [9.17, 15) is 13.2 Å². The topological polar surface area (TPSA) is 85.8 Å². The minimum Gasteiger partial charge on any atom is -0.494 e. The maximum absolute atomic E-state index is 12.5. The molecule has 1 aliphatic rings. The van der Waals surface area contributed by atoms with Crippen LogP contribution in [0.25, 0.3) is 10.2 Å². The van der Waals surface area contributed by atoms with Gasteiger partial charge in [0.05, 0.1) is 40.6 Å². The summed E-state index contributed by atoms with van der Waals surface area (Å²) in [5.41, 5.74) is 1.06. The number of anilines is 1. The van der Waals surface area contributed by atoms with Crippen molar-refractivity contribution in [2.75, 3.05) is 25.1 Å². The summed E-state index contributed by atoms with van der Waals surface area (Å²) in [6.07, 6.45) is -0.267. The Morgan fingerprint density at radius 1 is 1.20 bits per heavy atom. The Morgan fingerprint density at radius 3 is 2.63 bits per heavy atom. The number of carbonyl (C=O) groups excluding carboxylic acids is 1. The highest BCUT2D eigenvalue weighted by Gasteiger charge is 2.33. The van der Waals surface area contributed by atoms with Crippen molar-refractivity contribution in [3.05, 3.63) is 48.0 Å². The number of hydrogen-bond donors (Lipinski definition) is 0. The third-order valence-corrected chi connectivity index (χ3v) is 8.24. The SMILES string of the molecule is COc1cccc2sc(N3CC(OC(=O)c4cccc(S(=O)(=O)C(C)C)c4)C3)nc12. The van der Waals surface area contributed by atoms with Crippen molar-refractivity contribution in [3.63, 3.8) is 0 Å². The monoisotopic (exact) mass is 446 g/mol. The summed E-state index contributed by atoms with van der Waals surface area (Å²) in [7, 11) is -1.83. The molecule has 1 fully saturated rings. The van der Waals surface area contributed by atoms with Crippen molar-refractivity contribution in [1.29, 1.82) is 0 Å². The molecule has 2 heterocycles. The second-order valence-corrected chi connectivity index (χ2v) is 10.9. The van der Waals surface area contributed by atoms with Gasteiger partial charge in [0.25, 0.3) is 0 Å². The van der Waals surface area contributed by atoms with E-state index in [4.69, 9.17) is 9.47 Å². The second kappa shape index (κ2) is 7.88. The maximum atomic E-state index is 12.5. The van der Waals surface area contributed by atoms with Crippen molar-refractivity contribution in [1.82, 2.24) is 4.98 Å². The van der Waals surface area contributed by atoms with Crippen molar-refractivity contribution in [3.8, 4) is 5.75 Å². The van der Waals surface area contributed by atoms with E-state index in [1.807, 2.05) is 23.1 Å². The third-order valence-electron chi connectivity index (χ3n) is 5.00. The average molecular weight is 447 g/mol. The number of thiazole rings is 1. The second-order valence-electron chi connectivity index (χ2n) is 7.36. The molecule has 0 aliphatic carbocycles. The van der Waals surface area contributed by atoms with Gasteiger partial charge < -0.3 is 14.4 Å². The fraction of sp³-hybridized carbons (Fsp3) is 0.333. The van der Waals surface area contributed by atoms with Crippen LogP contribution in [0.1, 0.15) is 24.2 Å². The lowest BCUT2D eigenvalue weighted by molar-refractivity contribution is 0.0234. The number of para-hydroxylation sites is 1. The molecule has 0 unspecified atom stereocenters. The fourth-order valence-corrected chi connectivity index (χ4v) is 5.28. The number of methoxy groups -OCH3 is 1. The third kappa shape index (κ3) is 3.75. The predicted molar refractivity (Wildman–Crippen MR) is 116 cm³/mol. The van der Waals surface area contributed by atoms with Crippen LogP contribution in [0, 0.1) is 0 Å². The number of aromatic nitrogens is 1. The van der Waals surface area contributed by atoms with Gasteiger partial charge in [0, 0.05) is 0 Å². The largest absolute Gasteiger partial charge is 0.494 e. The zero-order chi connectivity index (χ0) is 21.5. The standard InChI is InChI=1S/C21H22N2O5S2/c1-13(2)30(25,26)16-7-4-6-14(10-16)20(24)28-15-11-23(12-15)21-22-19-17(27-3)8-5-9-18(19)29-21/h4-10,13,15H,11-12H2,1-3H3. The molecule has 7 nitrogen and oxygen atoms in total. The van der Waals surface area contributed by atoms with E-state index in [1.165, 1.54) is 12.1 Å². The number of benzene rings is 2. The summed E-state index contributed by atoms with van der Waals surface area (Å²) < 4.78 is 36.6. The summed E-state index contributed by atoms with van der Waals surface area (Å²) in [5, 5.41) is 0.295. The van der Waals surface area contributed by atoms with E-state index in [2.05, 4.69) is 4.98 Å². The number of fused-ring (bicyclic) bond motifs is 1. The summed E-state index contributed by atoms with van der Waals surface area (Å²) in [6.45, 7) is 4.30. The first-order chi connectivity index (χ1) is 14.3. The normalized spacial score (nSPS) is 14.7. The summed E-state index contributed by atoms with van der Waals surface area (Å²) >= 11 is 1.56. The Labute approximate surface area is 179 Å². The van der Waals surface area contributed by atoms with E-state index in [0.717, 1.165) is 21.1 Å². The number of esters is 1. The molecular weight excluding hydrogens is 424 g/mol. The summed E-state index contributed by atoms with van der Waals surface area (Å²) in [4.78, 5) is 19.3. The van der Waals surface area contributed by atoms with Crippen LogP contribution in [0.2, 0.25) is 0 Å². The summed E-state index contributed by atoms with van der Waals surface area (Å²) in [6, 6.07) is 11.8. The van der Waals surface area contributed by atoms with Gasteiger partial charge >= 0.3 is 5.97 Å². The fourth-order valence-electron chi connectivity index (χ4n) is 3.17. The van der Waals surface area contributed by atoms with Crippen molar-refractivity contribution in [2.45, 2.75) is 30.1 Å². The van der Waals surface area contributed by atoms with Crippen molar-refractivity contribution in [2.24, 2.45) is 0 Å². The van der Waals surface area contributed by atoms with E-state index in [-0.39, 0.29) is 16.6 Å². The number of carbonyl (C=O) groups is 1. The van der Waals surface area contributed by atoms with Crippen molar-refractivity contribution < 1.29 is 22.7 Å². The Kier molecular flexibility index (Phi) is 5.42. The Morgan fingerprint density at radius 2 is 1.93 bits per heavy atom. The predicted octanol–water partition coefficient (Wildman–Crippen LogP) is 3.53. The molecule has 0 radical (unpaired) electrons. The molecule has 0 amide bonds. The van der Waals surface area contributed by atoms with Crippen LogP contribution >= 0.6 is 11.3 Å². The van der Waals surface area contributed by atoms with Gasteiger partial charge in [-0.3, -0.25) is 0 Å². The minimum absolute atomic E-state index is 0.130. The van der Waals surface area contributed by atoms with Gasteiger partial charge in [0.1, 0.15) is 17.4 Å². The first-order valence-electron chi connectivity index (χ1n) is 9.53. The van der Waals surface area contributed by atoms with Gasteiger partial charge in [0.15, 0.2) is 15.0 Å². The lowest BCUT2D eigenvalue weighted by Gasteiger charge is -2.38. The molecule has 4 rings (SSSR count). The van der Waals surface area contributed by atoms with Crippen LogP contribution in [0.15, 0.2) is 47.4 Å². The molecule has 1 aliphatic heterocycles. The molecule has 2 aromatic carbocycles. The molecule has 0 saturated carbocycles. The van der Waals surface area contributed by atoms with Crippen LogP contribution in [0.5, 0.6) is 5.75 Å². The average Bonchev–Trinajstić information content (AvgIpc) is 3.13. The van der Waals surface area contributed by atoms with Crippen LogP contribution < -0.4 is 9.64 Å². The quantitative estimate of drug-likeness (QED) is 0.536. The molecule has 158 valence electrons. The number of ether oxygens (including phenoxy) is 2. The van der Waals surface area contributed by atoms with Gasteiger partial charge in [-0.2, -0.15) is 0 Å². The van der Waals surface area contributed by atoms with Crippen LogP contribution in [-0.4, -0.2) is 50.9 Å². The van der Waals surface area contributed by atoms with Gasteiger partial charge in [-0.1, -0.05) is 23.5 Å². The molecule has 0 spiro atoms. The van der Waals surface area contributed by atoms with E-state index in [1.54, 1.807) is 44.4 Å². The molecule has 1 saturated heterocycles. The molecule has 3 aromatic rings. The molecule has 0 atom stereocenters. The lowest BCUT2D eigenvalue weighted by Crippen LogP contribution is -2.53. The van der Waals surface area contributed by atoms with E-state index >= 15 is 0 Å². The molecule has 1 aromatic heterocycles. The van der Waals surface area contributed by atoms with Gasteiger partial charge in [-0.15, -0.1) is 0 Å². The smallest absolute Gasteiger partial charge is 0.338 e. The van der Waals surface area contributed by atoms with Gasteiger partial charge in [0.2, 0.25) is 0 Å². The van der Waals surface area contributed by atoms with Gasteiger partial charge in [-0.25, -0.2) is 18.2 Å². The van der Waals surface area contributed by atoms with Gasteiger partial charge in [-0.05, 0) is 44.2 Å². The molecule has 0 N–H and O–H groups in total. The first kappa shape index (κ1) is 20.6. The molecule has 9 heteroatoms. The number of nitrogens with zero attached hydrogens (tertiary/aromatic N) is 2. The zero-order valence-electron chi connectivity index (χ0n) is 16.9.